The molecule has 0 saturated heterocycles. The standard InChI is InChI=1S/C72H126O6/c1-4-7-10-13-16-19-22-25-27-29-30-31-32-33-34-35-36-37-38-39-40-41-42-44-45-47-50-53-56-59-62-65-71(74)77-68-69(67-76-70(73)64-61-58-55-52-49-24-21-18-15-12-9-6-3)78-72(75)66-63-60-57-54-51-48-46-43-28-26-23-20-17-14-11-8-5-2/h7,10,16,18-19,21,25-28,30-31,33-34,69H,4-6,8-9,11-15,17,20,22-24,29,32,35-68H2,1-3H3/b10-7-,19-16-,21-18-,27-25-,28-26-,31-30-,34-33-. The highest BCUT2D eigenvalue weighted by molar-refractivity contribution is 5.71. The SMILES string of the molecule is CC/C=C\C/C=C\C/C=C\C/C=C\C/C=C\CCCCCCCCCCCCCCCCCC(=O)OCC(COC(=O)CCCCCCC/C=C\CCCCC)OC(=O)CCCCCCCCC/C=C\CCCCCCCC. The number of carbonyl (C=O) groups excluding carboxylic acids is 3. The van der Waals surface area contributed by atoms with E-state index in [0.29, 0.717) is 19.3 Å². The maximum atomic E-state index is 12.9. The van der Waals surface area contributed by atoms with Gasteiger partial charge in [0.1, 0.15) is 13.2 Å². The van der Waals surface area contributed by atoms with Crippen molar-refractivity contribution in [3.63, 3.8) is 0 Å². The van der Waals surface area contributed by atoms with Crippen molar-refractivity contribution in [1.29, 1.82) is 0 Å². The molecule has 0 heterocycles. The average Bonchev–Trinajstić information content (AvgIpc) is 3.44. The predicted octanol–water partition coefficient (Wildman–Crippen LogP) is 23.1. The molecule has 0 aromatic rings. The van der Waals surface area contributed by atoms with E-state index < -0.39 is 6.10 Å². The third-order valence-corrected chi connectivity index (χ3v) is 14.6. The predicted molar refractivity (Wildman–Crippen MR) is 339 cm³/mol. The second-order valence-electron chi connectivity index (χ2n) is 22.3. The summed E-state index contributed by atoms with van der Waals surface area (Å²) < 4.78 is 16.9. The number of rotatable bonds is 61. The molecule has 0 saturated carbocycles. The molecule has 1 unspecified atom stereocenters. The van der Waals surface area contributed by atoms with Crippen LogP contribution in [-0.4, -0.2) is 37.2 Å². The zero-order valence-corrected chi connectivity index (χ0v) is 51.7. The van der Waals surface area contributed by atoms with Gasteiger partial charge < -0.3 is 14.2 Å². The highest BCUT2D eigenvalue weighted by Crippen LogP contribution is 2.17. The molecule has 450 valence electrons. The molecule has 0 N–H and O–H groups in total. The van der Waals surface area contributed by atoms with Crippen LogP contribution in [0.2, 0.25) is 0 Å². The van der Waals surface area contributed by atoms with Crippen molar-refractivity contribution in [2.24, 2.45) is 0 Å². The Bertz CT molecular complexity index is 1480. The maximum Gasteiger partial charge on any atom is 0.306 e. The topological polar surface area (TPSA) is 78.9 Å². The number of esters is 3. The number of hydrogen-bond donors (Lipinski definition) is 0. The second kappa shape index (κ2) is 66.1. The van der Waals surface area contributed by atoms with Gasteiger partial charge in [0.25, 0.3) is 0 Å². The van der Waals surface area contributed by atoms with Gasteiger partial charge in [-0.1, -0.05) is 286 Å². The molecule has 0 rings (SSSR count). The van der Waals surface area contributed by atoms with Gasteiger partial charge in [-0.15, -0.1) is 0 Å². The van der Waals surface area contributed by atoms with Crippen molar-refractivity contribution < 1.29 is 28.6 Å². The summed E-state index contributed by atoms with van der Waals surface area (Å²) in [6.07, 6.45) is 87.5. The van der Waals surface area contributed by atoms with Crippen molar-refractivity contribution in [1.82, 2.24) is 0 Å². The van der Waals surface area contributed by atoms with Gasteiger partial charge in [0, 0.05) is 19.3 Å². The van der Waals surface area contributed by atoms with Crippen LogP contribution in [-0.2, 0) is 28.6 Å². The smallest absolute Gasteiger partial charge is 0.306 e. The number of allylic oxidation sites excluding steroid dienone is 14. The van der Waals surface area contributed by atoms with E-state index in [2.05, 4.69) is 106 Å². The molecule has 0 spiro atoms. The van der Waals surface area contributed by atoms with E-state index in [1.165, 1.54) is 199 Å². The Morgan fingerprint density at radius 1 is 0.269 bits per heavy atom. The second-order valence-corrected chi connectivity index (χ2v) is 22.3. The number of ether oxygens (including phenoxy) is 3. The summed E-state index contributed by atoms with van der Waals surface area (Å²) in [5, 5.41) is 0. The van der Waals surface area contributed by atoms with Gasteiger partial charge in [-0.25, -0.2) is 0 Å². The van der Waals surface area contributed by atoms with Crippen LogP contribution in [0.1, 0.15) is 335 Å². The molecule has 0 aromatic heterocycles. The van der Waals surface area contributed by atoms with Crippen molar-refractivity contribution in [3.8, 4) is 0 Å². The summed E-state index contributed by atoms with van der Waals surface area (Å²) in [6.45, 7) is 6.52. The van der Waals surface area contributed by atoms with E-state index in [4.69, 9.17) is 14.2 Å². The first-order chi connectivity index (χ1) is 38.5. The first-order valence-corrected chi connectivity index (χ1v) is 33.6. The molecule has 0 fully saturated rings. The normalized spacial score (nSPS) is 12.6. The van der Waals surface area contributed by atoms with Crippen molar-refractivity contribution in [3.05, 3.63) is 85.1 Å². The summed E-state index contributed by atoms with van der Waals surface area (Å²) in [6, 6.07) is 0. The highest BCUT2D eigenvalue weighted by Gasteiger charge is 2.19. The lowest BCUT2D eigenvalue weighted by molar-refractivity contribution is -0.167. The van der Waals surface area contributed by atoms with Crippen LogP contribution in [0.5, 0.6) is 0 Å². The van der Waals surface area contributed by atoms with Crippen LogP contribution < -0.4 is 0 Å². The van der Waals surface area contributed by atoms with E-state index in [-0.39, 0.29) is 31.1 Å². The van der Waals surface area contributed by atoms with Crippen molar-refractivity contribution in [2.75, 3.05) is 13.2 Å². The molecule has 0 radical (unpaired) electrons. The Hall–Kier alpha value is -3.41. The zero-order valence-electron chi connectivity index (χ0n) is 51.7. The molecular weight excluding hydrogens is 961 g/mol. The third-order valence-electron chi connectivity index (χ3n) is 14.6. The molecule has 0 bridgehead atoms. The van der Waals surface area contributed by atoms with E-state index >= 15 is 0 Å². The first-order valence-electron chi connectivity index (χ1n) is 33.6. The molecule has 0 amide bonds. The molecular formula is C72H126O6. The van der Waals surface area contributed by atoms with Crippen molar-refractivity contribution in [2.45, 2.75) is 341 Å². The summed E-state index contributed by atoms with van der Waals surface area (Å²) in [7, 11) is 0. The van der Waals surface area contributed by atoms with Gasteiger partial charge in [-0.3, -0.25) is 14.4 Å². The van der Waals surface area contributed by atoms with Crippen molar-refractivity contribution >= 4 is 17.9 Å². The molecule has 6 nitrogen and oxygen atoms in total. The molecule has 0 aromatic carbocycles. The minimum atomic E-state index is -0.781. The minimum Gasteiger partial charge on any atom is -0.462 e. The van der Waals surface area contributed by atoms with Crippen LogP contribution in [0.15, 0.2) is 85.1 Å². The Balaban J connectivity index is 4.19. The lowest BCUT2D eigenvalue weighted by Crippen LogP contribution is -2.30. The lowest BCUT2D eigenvalue weighted by atomic mass is 10.0. The minimum absolute atomic E-state index is 0.0778. The van der Waals surface area contributed by atoms with E-state index in [0.717, 1.165) is 96.3 Å². The van der Waals surface area contributed by atoms with Crippen LogP contribution in [0.3, 0.4) is 0 Å². The van der Waals surface area contributed by atoms with E-state index in [9.17, 15) is 14.4 Å². The number of carbonyl (C=O) groups is 3. The molecule has 6 heteroatoms. The fourth-order valence-electron chi connectivity index (χ4n) is 9.58. The van der Waals surface area contributed by atoms with Gasteiger partial charge in [0.15, 0.2) is 6.10 Å². The van der Waals surface area contributed by atoms with Gasteiger partial charge in [0.05, 0.1) is 0 Å². The summed E-state index contributed by atoms with van der Waals surface area (Å²) in [5.74, 6) is -0.877. The molecule has 0 aliphatic rings. The van der Waals surface area contributed by atoms with Crippen LogP contribution >= 0.6 is 0 Å². The summed E-state index contributed by atoms with van der Waals surface area (Å²) in [5.41, 5.74) is 0. The maximum absolute atomic E-state index is 12.9. The molecule has 78 heavy (non-hydrogen) atoms. The first kappa shape index (κ1) is 74.6. The fraction of sp³-hybridized carbons (Fsp3) is 0.764. The Morgan fingerprint density at radius 3 is 0.821 bits per heavy atom. The van der Waals surface area contributed by atoms with Gasteiger partial charge in [-0.2, -0.15) is 0 Å². The number of unbranched alkanes of at least 4 members (excludes halogenated alkanes) is 36. The summed E-state index contributed by atoms with van der Waals surface area (Å²) in [4.78, 5) is 38.3. The van der Waals surface area contributed by atoms with Gasteiger partial charge in [-0.05, 0) is 116 Å². The van der Waals surface area contributed by atoms with Crippen LogP contribution in [0.25, 0.3) is 0 Å². The lowest BCUT2D eigenvalue weighted by Gasteiger charge is -2.18. The summed E-state index contributed by atoms with van der Waals surface area (Å²) >= 11 is 0. The molecule has 1 atom stereocenters. The van der Waals surface area contributed by atoms with Crippen LogP contribution in [0.4, 0.5) is 0 Å². The molecule has 0 aliphatic heterocycles. The highest BCUT2D eigenvalue weighted by atomic mass is 16.6. The monoisotopic (exact) mass is 1090 g/mol. The van der Waals surface area contributed by atoms with E-state index in [1.54, 1.807) is 0 Å². The number of hydrogen-bond acceptors (Lipinski definition) is 6. The van der Waals surface area contributed by atoms with Crippen LogP contribution in [0, 0.1) is 0 Å². The Kier molecular flexibility index (Phi) is 63.2. The van der Waals surface area contributed by atoms with Gasteiger partial charge >= 0.3 is 17.9 Å². The largest absolute Gasteiger partial charge is 0.462 e. The molecule has 0 aliphatic carbocycles. The quantitative estimate of drug-likeness (QED) is 0.0261. The van der Waals surface area contributed by atoms with E-state index in [1.807, 2.05) is 0 Å². The van der Waals surface area contributed by atoms with Gasteiger partial charge in [0.2, 0.25) is 0 Å². The zero-order chi connectivity index (χ0) is 56.4. The third kappa shape index (κ3) is 63.4. The Morgan fingerprint density at radius 2 is 0.500 bits per heavy atom. The fourth-order valence-corrected chi connectivity index (χ4v) is 9.58. The Labute approximate surface area is 484 Å². The average molecular weight is 1090 g/mol.